The van der Waals surface area contributed by atoms with E-state index in [-0.39, 0.29) is 17.3 Å². The summed E-state index contributed by atoms with van der Waals surface area (Å²) in [7, 11) is 0. The first-order valence-electron chi connectivity index (χ1n) is 9.89. The fraction of sp³-hybridized carbons (Fsp3) is 0.0909. The van der Waals surface area contributed by atoms with Gasteiger partial charge in [-0.05, 0) is 40.5 Å². The van der Waals surface area contributed by atoms with Gasteiger partial charge in [0, 0.05) is 10.6 Å². The van der Waals surface area contributed by atoms with Gasteiger partial charge >= 0.3 is 0 Å². The first-order chi connectivity index (χ1) is 16.1. The minimum atomic E-state index is -0.510. The van der Waals surface area contributed by atoms with Crippen LogP contribution in [0.2, 0.25) is 0 Å². The maximum Gasteiger partial charge on any atom is 0.293 e. The third-order valence-corrected chi connectivity index (χ3v) is 5.44. The van der Waals surface area contributed by atoms with Crippen molar-refractivity contribution in [1.82, 2.24) is 30.7 Å². The van der Waals surface area contributed by atoms with Crippen LogP contribution in [-0.4, -0.2) is 37.4 Å². The van der Waals surface area contributed by atoms with Crippen LogP contribution in [0, 0.1) is 0 Å². The van der Waals surface area contributed by atoms with Gasteiger partial charge in [0.05, 0.1) is 11.9 Å². The van der Waals surface area contributed by atoms with Crippen molar-refractivity contribution < 1.29 is 9.42 Å². The number of amides is 1. The molecule has 0 aliphatic carbocycles. The number of nitrogen functional groups attached to an aromatic ring is 1. The molecule has 4 rings (SSSR count). The molecular formula is C22H20N8O2S. The van der Waals surface area contributed by atoms with E-state index in [0.717, 1.165) is 16.0 Å². The van der Waals surface area contributed by atoms with Crippen LogP contribution in [0.25, 0.3) is 11.9 Å². The summed E-state index contributed by atoms with van der Waals surface area (Å²) in [6, 6.07) is 19.6. The quantitative estimate of drug-likeness (QED) is 0.232. The van der Waals surface area contributed by atoms with Gasteiger partial charge in [-0.1, -0.05) is 59.8 Å². The molecule has 166 valence electrons. The topological polar surface area (TPSA) is 137 Å². The maximum atomic E-state index is 12.8. The van der Waals surface area contributed by atoms with Crippen LogP contribution in [0.15, 0.2) is 80.9 Å². The highest BCUT2D eigenvalue weighted by molar-refractivity contribution is 7.98. The van der Waals surface area contributed by atoms with Gasteiger partial charge in [0.1, 0.15) is 0 Å². The molecule has 2 aromatic carbocycles. The van der Waals surface area contributed by atoms with E-state index >= 15 is 0 Å². The summed E-state index contributed by atoms with van der Waals surface area (Å²) in [5.74, 6) is 0.0690. The molecule has 1 amide bonds. The molecule has 3 N–H and O–H groups in total. The Kier molecular flexibility index (Phi) is 6.90. The molecule has 0 radical (unpaired) electrons. The van der Waals surface area contributed by atoms with E-state index in [4.69, 9.17) is 5.73 Å². The second kappa shape index (κ2) is 10.4. The molecule has 0 saturated heterocycles. The largest absolute Gasteiger partial charge is 0.378 e. The zero-order chi connectivity index (χ0) is 23.0. The Morgan fingerprint density at radius 1 is 1.15 bits per heavy atom. The number of carbonyl (C=O) groups is 1. The third kappa shape index (κ3) is 5.52. The van der Waals surface area contributed by atoms with Crippen molar-refractivity contribution in [2.75, 3.05) is 5.73 Å². The van der Waals surface area contributed by atoms with Gasteiger partial charge in [0.25, 0.3) is 5.91 Å². The lowest BCUT2D eigenvalue weighted by atomic mass is 10.1. The van der Waals surface area contributed by atoms with Crippen LogP contribution in [-0.2, 0) is 5.75 Å². The molecule has 0 aliphatic rings. The second-order valence-electron chi connectivity index (χ2n) is 6.87. The summed E-state index contributed by atoms with van der Waals surface area (Å²) >= 11 is 1.51. The van der Waals surface area contributed by atoms with Crippen molar-refractivity contribution in [1.29, 1.82) is 0 Å². The van der Waals surface area contributed by atoms with Gasteiger partial charge in [-0.15, -0.1) is 16.9 Å². The molecule has 33 heavy (non-hydrogen) atoms. The van der Waals surface area contributed by atoms with Crippen molar-refractivity contribution in [2.24, 2.45) is 5.10 Å². The highest BCUT2D eigenvalue weighted by atomic mass is 32.2. The Balaban J connectivity index is 1.53. The van der Waals surface area contributed by atoms with E-state index in [1.807, 2.05) is 73.7 Å². The SMILES string of the molecule is CC(/C=N\NC(=O)c1nnn(-c2nonc2N)c1CSc1ccccc1)=C\c1ccccc1. The normalized spacial score (nSPS) is 11.7. The van der Waals surface area contributed by atoms with E-state index in [0.29, 0.717) is 11.4 Å². The fourth-order valence-corrected chi connectivity index (χ4v) is 3.79. The van der Waals surface area contributed by atoms with Crippen molar-refractivity contribution in [3.63, 3.8) is 0 Å². The number of hydrogen-bond donors (Lipinski definition) is 2. The highest BCUT2D eigenvalue weighted by Crippen LogP contribution is 2.25. The van der Waals surface area contributed by atoms with Crippen LogP contribution in [0.1, 0.15) is 28.7 Å². The van der Waals surface area contributed by atoms with Crippen LogP contribution >= 0.6 is 11.8 Å². The van der Waals surface area contributed by atoms with Gasteiger partial charge in [-0.25, -0.2) is 10.1 Å². The number of thioether (sulfide) groups is 1. The van der Waals surface area contributed by atoms with Crippen molar-refractivity contribution in [2.45, 2.75) is 17.6 Å². The van der Waals surface area contributed by atoms with Crippen LogP contribution in [0.5, 0.6) is 0 Å². The van der Waals surface area contributed by atoms with Gasteiger partial charge in [0.15, 0.2) is 5.69 Å². The maximum absolute atomic E-state index is 12.8. The number of benzene rings is 2. The number of hydrogen-bond acceptors (Lipinski definition) is 9. The zero-order valence-electron chi connectivity index (χ0n) is 17.6. The van der Waals surface area contributed by atoms with Crippen molar-refractivity contribution in [3.05, 3.63) is 83.2 Å². The fourth-order valence-electron chi connectivity index (χ4n) is 2.88. The van der Waals surface area contributed by atoms with E-state index in [1.165, 1.54) is 16.4 Å². The van der Waals surface area contributed by atoms with E-state index in [9.17, 15) is 4.79 Å². The molecule has 0 saturated carbocycles. The minimum Gasteiger partial charge on any atom is -0.378 e. The average Bonchev–Trinajstić information content (AvgIpc) is 3.44. The highest BCUT2D eigenvalue weighted by Gasteiger charge is 2.23. The minimum absolute atomic E-state index is 0.0394. The number of rotatable bonds is 8. The van der Waals surface area contributed by atoms with E-state index < -0.39 is 5.91 Å². The Bertz CT molecular complexity index is 1280. The predicted octanol–water partition coefficient (Wildman–Crippen LogP) is 3.34. The van der Waals surface area contributed by atoms with Gasteiger partial charge in [0.2, 0.25) is 11.6 Å². The molecule has 0 fully saturated rings. The van der Waals surface area contributed by atoms with Crippen LogP contribution < -0.4 is 11.2 Å². The third-order valence-electron chi connectivity index (χ3n) is 4.42. The molecule has 4 aromatic rings. The molecule has 0 unspecified atom stereocenters. The van der Waals surface area contributed by atoms with Crippen LogP contribution in [0.3, 0.4) is 0 Å². The number of carbonyl (C=O) groups excluding carboxylic acids is 1. The lowest BCUT2D eigenvalue weighted by Gasteiger charge is -2.05. The molecule has 2 heterocycles. The molecule has 11 heteroatoms. The molecule has 0 atom stereocenters. The summed E-state index contributed by atoms with van der Waals surface area (Å²) in [5, 5.41) is 19.5. The lowest BCUT2D eigenvalue weighted by Crippen LogP contribution is -2.20. The molecule has 10 nitrogen and oxygen atoms in total. The number of hydrazone groups is 1. The average molecular weight is 461 g/mol. The van der Waals surface area contributed by atoms with E-state index in [1.54, 1.807) is 6.21 Å². The predicted molar refractivity (Wildman–Crippen MR) is 126 cm³/mol. The molecular weight excluding hydrogens is 440 g/mol. The number of anilines is 1. The number of nitrogens with two attached hydrogens (primary N) is 1. The van der Waals surface area contributed by atoms with Crippen LogP contribution in [0.4, 0.5) is 5.82 Å². The zero-order valence-corrected chi connectivity index (χ0v) is 18.4. The Morgan fingerprint density at radius 2 is 1.88 bits per heavy atom. The van der Waals surface area contributed by atoms with Gasteiger partial charge in [-0.3, -0.25) is 4.79 Å². The monoisotopic (exact) mass is 460 g/mol. The number of aromatic nitrogens is 5. The lowest BCUT2D eigenvalue weighted by molar-refractivity contribution is 0.0949. The van der Waals surface area contributed by atoms with Crippen molar-refractivity contribution in [3.8, 4) is 5.82 Å². The summed E-state index contributed by atoms with van der Waals surface area (Å²) in [5.41, 5.74) is 10.8. The van der Waals surface area contributed by atoms with E-state index in [2.05, 4.69) is 35.8 Å². The molecule has 0 spiro atoms. The smallest absolute Gasteiger partial charge is 0.293 e. The standard InChI is InChI=1S/C22H20N8O2S/c1-15(12-16-8-4-2-5-9-16)13-24-26-22(31)19-18(14-33-17-10-6-3-7-11-17)30(29-25-19)21-20(23)27-32-28-21/h2-13H,14H2,1H3,(H2,23,27)(H,26,31)/b15-12+,24-13-. The summed E-state index contributed by atoms with van der Waals surface area (Å²) in [6.07, 6.45) is 3.52. The van der Waals surface area contributed by atoms with Gasteiger partial charge in [-0.2, -0.15) is 9.78 Å². The summed E-state index contributed by atoms with van der Waals surface area (Å²) in [6.45, 7) is 1.89. The molecule has 2 aromatic heterocycles. The summed E-state index contributed by atoms with van der Waals surface area (Å²) < 4.78 is 6.02. The second-order valence-corrected chi connectivity index (χ2v) is 7.92. The molecule has 0 aliphatic heterocycles. The number of nitrogens with one attached hydrogen (secondary N) is 1. The Hall–Kier alpha value is -4.25. The molecule has 0 bridgehead atoms. The van der Waals surface area contributed by atoms with Crippen molar-refractivity contribution >= 4 is 35.8 Å². The first kappa shape index (κ1) is 22.0. The number of allylic oxidation sites excluding steroid dienone is 1. The Labute approximate surface area is 193 Å². The Morgan fingerprint density at radius 3 is 2.58 bits per heavy atom. The summed E-state index contributed by atoms with van der Waals surface area (Å²) in [4.78, 5) is 13.8. The van der Waals surface area contributed by atoms with Gasteiger partial charge < -0.3 is 5.73 Å². The first-order valence-corrected chi connectivity index (χ1v) is 10.9. The number of nitrogens with zero attached hydrogens (tertiary/aromatic N) is 6.